The lowest BCUT2D eigenvalue weighted by atomic mass is 10.1. The fourth-order valence-corrected chi connectivity index (χ4v) is 3.71. The third kappa shape index (κ3) is 2.63. The molecule has 0 N–H and O–H groups in total. The van der Waals surface area contributed by atoms with E-state index >= 15 is 0 Å². The van der Waals surface area contributed by atoms with Crippen molar-refractivity contribution in [1.82, 2.24) is 34.9 Å². The molecule has 0 saturated carbocycles. The molecule has 0 atom stereocenters. The first-order valence-electron chi connectivity index (χ1n) is 9.61. The van der Waals surface area contributed by atoms with E-state index in [1.165, 1.54) is 0 Å². The predicted molar refractivity (Wildman–Crippen MR) is 114 cm³/mol. The topological polar surface area (TPSA) is 104 Å². The molecule has 0 aliphatic rings. The first kappa shape index (κ1) is 17.5. The van der Waals surface area contributed by atoms with Gasteiger partial charge in [-0.1, -0.05) is 29.4 Å². The Hall–Kier alpha value is -4.40. The summed E-state index contributed by atoms with van der Waals surface area (Å²) in [6.45, 7) is 1.82. The second-order valence-electron chi connectivity index (χ2n) is 7.06. The fourth-order valence-electron chi connectivity index (χ4n) is 3.71. The molecule has 150 valence electrons. The molecule has 9 nitrogen and oxygen atoms in total. The van der Waals surface area contributed by atoms with Crippen LogP contribution in [0.15, 0.2) is 59.3 Å². The molecule has 2 aromatic carbocycles. The zero-order valence-electron chi connectivity index (χ0n) is 16.6. The molecule has 0 saturated heterocycles. The first-order chi connectivity index (χ1) is 15.2. The Kier molecular flexibility index (Phi) is 3.69. The molecule has 31 heavy (non-hydrogen) atoms. The van der Waals surface area contributed by atoms with Gasteiger partial charge in [-0.2, -0.15) is 9.61 Å². The highest BCUT2D eigenvalue weighted by atomic mass is 16.5. The van der Waals surface area contributed by atoms with E-state index in [9.17, 15) is 0 Å². The zero-order chi connectivity index (χ0) is 20.9. The van der Waals surface area contributed by atoms with Gasteiger partial charge in [-0.25, -0.2) is 4.98 Å². The molecule has 0 spiro atoms. The summed E-state index contributed by atoms with van der Waals surface area (Å²) in [6.07, 6.45) is 1.71. The Bertz CT molecular complexity index is 1600. The maximum Gasteiger partial charge on any atom is 0.207 e. The number of nitrogens with zero attached hydrogens (tertiary/aromatic N) is 7. The number of hydrogen-bond acceptors (Lipinski definition) is 8. The molecular weight excluding hydrogens is 394 g/mol. The van der Waals surface area contributed by atoms with Crippen LogP contribution < -0.4 is 4.74 Å². The standard InChI is InChI=1S/C22H15N7O2/c1-12-10-16(28-31-12)22-26-25-21-13-6-5-9-18(30-2)19(13)20(27-29(21)22)17-11-23-14-7-3-4-8-15(14)24-17/h3-11H,1-2H3. The molecule has 0 radical (unpaired) electrons. The number of hydrogen-bond donors (Lipinski definition) is 0. The van der Waals surface area contributed by atoms with Gasteiger partial charge < -0.3 is 9.26 Å². The summed E-state index contributed by atoms with van der Waals surface area (Å²) in [4.78, 5) is 9.36. The van der Waals surface area contributed by atoms with Crippen LogP contribution in [0.3, 0.4) is 0 Å². The lowest BCUT2D eigenvalue weighted by molar-refractivity contribution is 0.399. The molecule has 6 rings (SSSR count). The van der Waals surface area contributed by atoms with Crippen molar-refractivity contribution in [3.63, 3.8) is 0 Å². The van der Waals surface area contributed by atoms with Crippen LogP contribution in [0.4, 0.5) is 0 Å². The Balaban J connectivity index is 1.73. The molecule has 0 amide bonds. The summed E-state index contributed by atoms with van der Waals surface area (Å²) < 4.78 is 12.5. The Labute approximate surface area is 175 Å². The minimum Gasteiger partial charge on any atom is -0.496 e. The van der Waals surface area contributed by atoms with Crippen molar-refractivity contribution in [2.75, 3.05) is 7.11 Å². The third-order valence-electron chi connectivity index (χ3n) is 5.11. The van der Waals surface area contributed by atoms with E-state index in [-0.39, 0.29) is 0 Å². The van der Waals surface area contributed by atoms with Gasteiger partial charge in [0.15, 0.2) is 11.3 Å². The highest BCUT2D eigenvalue weighted by Crippen LogP contribution is 2.36. The summed E-state index contributed by atoms with van der Waals surface area (Å²) in [5.74, 6) is 1.82. The average molecular weight is 409 g/mol. The molecular formula is C22H15N7O2. The molecule has 0 unspecified atom stereocenters. The molecule has 9 heteroatoms. The van der Waals surface area contributed by atoms with Crippen LogP contribution in [0.5, 0.6) is 5.75 Å². The normalized spacial score (nSPS) is 11.5. The van der Waals surface area contributed by atoms with Gasteiger partial charge in [-0.15, -0.1) is 10.2 Å². The Morgan fingerprint density at radius 1 is 0.968 bits per heavy atom. The monoisotopic (exact) mass is 409 g/mol. The Morgan fingerprint density at radius 3 is 2.65 bits per heavy atom. The minimum atomic E-state index is 0.478. The maximum atomic E-state index is 5.65. The third-order valence-corrected chi connectivity index (χ3v) is 5.11. The van der Waals surface area contributed by atoms with Crippen molar-refractivity contribution in [2.24, 2.45) is 0 Å². The van der Waals surface area contributed by atoms with Gasteiger partial charge in [0.25, 0.3) is 0 Å². The summed E-state index contributed by atoms with van der Waals surface area (Å²) in [7, 11) is 1.63. The van der Waals surface area contributed by atoms with E-state index in [0.29, 0.717) is 40.1 Å². The summed E-state index contributed by atoms with van der Waals surface area (Å²) in [5, 5.41) is 19.2. The van der Waals surface area contributed by atoms with Crippen molar-refractivity contribution >= 4 is 27.5 Å². The SMILES string of the molecule is COc1cccc2c1c(-c1cnc3ccccc3n1)nn1c(-c3cc(C)on3)nnc21. The molecule has 0 aliphatic carbocycles. The first-order valence-corrected chi connectivity index (χ1v) is 9.61. The van der Waals surface area contributed by atoms with Gasteiger partial charge in [-0.05, 0) is 25.1 Å². The van der Waals surface area contributed by atoms with Gasteiger partial charge in [0, 0.05) is 11.5 Å². The minimum absolute atomic E-state index is 0.478. The molecule has 0 aliphatic heterocycles. The van der Waals surface area contributed by atoms with Gasteiger partial charge in [0.1, 0.15) is 22.9 Å². The van der Waals surface area contributed by atoms with Crippen LogP contribution in [-0.4, -0.2) is 42.0 Å². The van der Waals surface area contributed by atoms with Crippen molar-refractivity contribution in [1.29, 1.82) is 0 Å². The number of methoxy groups -OCH3 is 1. The number of aryl methyl sites for hydroxylation is 1. The van der Waals surface area contributed by atoms with Crippen LogP contribution in [0.25, 0.3) is 50.4 Å². The van der Waals surface area contributed by atoms with Crippen molar-refractivity contribution in [2.45, 2.75) is 6.92 Å². The predicted octanol–water partition coefficient (Wildman–Crippen LogP) is 3.86. The number of para-hydroxylation sites is 2. The van der Waals surface area contributed by atoms with E-state index < -0.39 is 0 Å². The molecule has 6 aromatic rings. The van der Waals surface area contributed by atoms with Crippen LogP contribution in [0, 0.1) is 6.92 Å². The summed E-state index contributed by atoms with van der Waals surface area (Å²) in [5.41, 5.74) is 3.95. The zero-order valence-corrected chi connectivity index (χ0v) is 16.6. The van der Waals surface area contributed by atoms with E-state index in [0.717, 1.165) is 21.8 Å². The molecule has 0 bridgehead atoms. The molecule has 4 aromatic heterocycles. The number of fused-ring (bicyclic) bond motifs is 4. The largest absolute Gasteiger partial charge is 0.496 e. The quantitative estimate of drug-likeness (QED) is 0.434. The van der Waals surface area contributed by atoms with Crippen molar-refractivity contribution in [3.05, 3.63) is 60.5 Å². The smallest absolute Gasteiger partial charge is 0.207 e. The molecule has 0 fully saturated rings. The molecule has 4 heterocycles. The summed E-state index contributed by atoms with van der Waals surface area (Å²) >= 11 is 0. The average Bonchev–Trinajstić information content (AvgIpc) is 3.43. The van der Waals surface area contributed by atoms with Crippen LogP contribution in [0.2, 0.25) is 0 Å². The van der Waals surface area contributed by atoms with Gasteiger partial charge in [-0.3, -0.25) is 4.98 Å². The second kappa shape index (κ2) is 6.56. The van der Waals surface area contributed by atoms with Crippen LogP contribution >= 0.6 is 0 Å². The lowest BCUT2D eigenvalue weighted by Gasteiger charge is -2.11. The van der Waals surface area contributed by atoms with E-state index in [4.69, 9.17) is 19.3 Å². The van der Waals surface area contributed by atoms with Gasteiger partial charge in [0.2, 0.25) is 5.82 Å². The lowest BCUT2D eigenvalue weighted by Crippen LogP contribution is -2.02. The van der Waals surface area contributed by atoms with Crippen molar-refractivity contribution in [3.8, 4) is 28.7 Å². The van der Waals surface area contributed by atoms with Crippen molar-refractivity contribution < 1.29 is 9.26 Å². The number of benzene rings is 2. The van der Waals surface area contributed by atoms with Crippen LogP contribution in [0.1, 0.15) is 5.76 Å². The summed E-state index contributed by atoms with van der Waals surface area (Å²) in [6, 6.07) is 15.3. The highest BCUT2D eigenvalue weighted by Gasteiger charge is 2.21. The number of rotatable bonds is 3. The van der Waals surface area contributed by atoms with Gasteiger partial charge >= 0.3 is 0 Å². The second-order valence-corrected chi connectivity index (χ2v) is 7.06. The number of aromatic nitrogens is 7. The van der Waals surface area contributed by atoms with E-state index in [1.807, 2.05) is 49.4 Å². The maximum absolute atomic E-state index is 5.65. The fraction of sp³-hybridized carbons (Fsp3) is 0.0909. The highest BCUT2D eigenvalue weighted by molar-refractivity contribution is 6.05. The number of ether oxygens (including phenoxy) is 1. The van der Waals surface area contributed by atoms with E-state index in [2.05, 4.69) is 20.3 Å². The van der Waals surface area contributed by atoms with Gasteiger partial charge in [0.05, 0.1) is 29.7 Å². The van der Waals surface area contributed by atoms with E-state index in [1.54, 1.807) is 23.9 Å². The Morgan fingerprint density at radius 2 is 1.84 bits per heavy atom. The van der Waals surface area contributed by atoms with Crippen LogP contribution in [-0.2, 0) is 0 Å².